The van der Waals surface area contributed by atoms with Crippen molar-refractivity contribution in [2.45, 2.75) is 6.42 Å². The fraction of sp³-hybridized carbons (Fsp3) is 0.286. The average Bonchev–Trinajstić information content (AvgIpc) is 2.46. The summed E-state index contributed by atoms with van der Waals surface area (Å²) in [7, 11) is 4.53. The summed E-state index contributed by atoms with van der Waals surface area (Å²) in [6.45, 7) is 0. The Labute approximate surface area is 111 Å². The van der Waals surface area contributed by atoms with Crippen LogP contribution in [0.1, 0.15) is 5.69 Å². The van der Waals surface area contributed by atoms with E-state index in [0.29, 0.717) is 17.2 Å². The van der Waals surface area contributed by atoms with Crippen LogP contribution in [0.5, 0.6) is 11.5 Å². The summed E-state index contributed by atoms with van der Waals surface area (Å²) in [5, 5.41) is 1.71. The standard InChI is InChI=1S/C14H15NO4/c1-17-9-6-11-10(13(7-9)18-2)4-5-15-12(11)8-14(16)19-3/h4-7H,8H2,1-3H3. The third-order valence-electron chi connectivity index (χ3n) is 2.89. The molecule has 5 heteroatoms. The number of benzene rings is 1. The summed E-state index contributed by atoms with van der Waals surface area (Å²) in [6.07, 6.45) is 1.76. The van der Waals surface area contributed by atoms with Crippen molar-refractivity contribution >= 4 is 16.7 Å². The first-order valence-electron chi connectivity index (χ1n) is 5.76. The maximum atomic E-state index is 11.4. The fourth-order valence-electron chi connectivity index (χ4n) is 1.92. The highest BCUT2D eigenvalue weighted by atomic mass is 16.5. The minimum atomic E-state index is -0.332. The van der Waals surface area contributed by atoms with Crippen LogP contribution in [0.15, 0.2) is 24.4 Å². The molecule has 100 valence electrons. The summed E-state index contributed by atoms with van der Waals surface area (Å²) < 4.78 is 15.2. The van der Waals surface area contributed by atoms with E-state index in [9.17, 15) is 4.79 Å². The first-order chi connectivity index (χ1) is 9.19. The summed E-state index contributed by atoms with van der Waals surface area (Å²) in [5.41, 5.74) is 0.640. The Morgan fingerprint density at radius 2 is 1.95 bits per heavy atom. The second-order valence-corrected chi connectivity index (χ2v) is 3.94. The van der Waals surface area contributed by atoms with Gasteiger partial charge >= 0.3 is 5.97 Å². The van der Waals surface area contributed by atoms with Crippen molar-refractivity contribution in [3.8, 4) is 11.5 Å². The maximum absolute atomic E-state index is 11.4. The molecule has 19 heavy (non-hydrogen) atoms. The molecule has 1 heterocycles. The predicted octanol–water partition coefficient (Wildman–Crippen LogP) is 1.97. The molecule has 1 aromatic heterocycles. The Kier molecular flexibility index (Phi) is 3.85. The molecule has 0 atom stereocenters. The molecule has 5 nitrogen and oxygen atoms in total. The van der Waals surface area contributed by atoms with Gasteiger partial charge in [-0.3, -0.25) is 9.78 Å². The van der Waals surface area contributed by atoms with Crippen molar-refractivity contribution in [1.29, 1.82) is 0 Å². The maximum Gasteiger partial charge on any atom is 0.311 e. The minimum absolute atomic E-state index is 0.115. The zero-order valence-electron chi connectivity index (χ0n) is 11.1. The molecule has 0 unspecified atom stereocenters. The quantitative estimate of drug-likeness (QED) is 0.787. The summed E-state index contributed by atoms with van der Waals surface area (Å²) >= 11 is 0. The lowest BCUT2D eigenvalue weighted by Crippen LogP contribution is -2.06. The first kappa shape index (κ1) is 13.1. The molecule has 0 aliphatic heterocycles. The van der Waals surface area contributed by atoms with Gasteiger partial charge in [0.05, 0.1) is 33.4 Å². The molecule has 2 rings (SSSR count). The van der Waals surface area contributed by atoms with Gasteiger partial charge in [0.15, 0.2) is 0 Å². The van der Waals surface area contributed by atoms with Gasteiger partial charge in [0.25, 0.3) is 0 Å². The van der Waals surface area contributed by atoms with Gasteiger partial charge < -0.3 is 14.2 Å². The predicted molar refractivity (Wildman–Crippen MR) is 70.6 cm³/mol. The SMILES string of the molecule is COC(=O)Cc1nccc2c(OC)cc(OC)cc12. The molecule has 0 saturated heterocycles. The van der Waals surface area contributed by atoms with Gasteiger partial charge in [-0.05, 0) is 12.1 Å². The van der Waals surface area contributed by atoms with Crippen LogP contribution in [0.4, 0.5) is 0 Å². The lowest BCUT2D eigenvalue weighted by atomic mass is 10.1. The molecule has 0 bridgehead atoms. The van der Waals surface area contributed by atoms with E-state index in [4.69, 9.17) is 9.47 Å². The molecule has 0 aliphatic carbocycles. The van der Waals surface area contributed by atoms with Gasteiger partial charge in [0, 0.05) is 23.0 Å². The monoisotopic (exact) mass is 261 g/mol. The summed E-state index contributed by atoms with van der Waals surface area (Å²) in [5.74, 6) is 1.01. The van der Waals surface area contributed by atoms with Crippen molar-refractivity contribution < 1.29 is 19.0 Å². The minimum Gasteiger partial charge on any atom is -0.497 e. The Morgan fingerprint density at radius 3 is 2.58 bits per heavy atom. The number of pyridine rings is 1. The summed E-state index contributed by atoms with van der Waals surface area (Å²) in [6, 6.07) is 5.47. The number of rotatable bonds is 4. The lowest BCUT2D eigenvalue weighted by Gasteiger charge is -2.11. The number of aromatic nitrogens is 1. The van der Waals surface area contributed by atoms with Gasteiger partial charge in [-0.2, -0.15) is 0 Å². The molecule has 2 aromatic rings. The van der Waals surface area contributed by atoms with E-state index in [-0.39, 0.29) is 12.4 Å². The number of esters is 1. The van der Waals surface area contributed by atoms with Gasteiger partial charge in [-0.15, -0.1) is 0 Å². The smallest absolute Gasteiger partial charge is 0.311 e. The number of hydrogen-bond acceptors (Lipinski definition) is 5. The zero-order valence-corrected chi connectivity index (χ0v) is 11.1. The van der Waals surface area contributed by atoms with E-state index < -0.39 is 0 Å². The second-order valence-electron chi connectivity index (χ2n) is 3.94. The van der Waals surface area contributed by atoms with Gasteiger partial charge in [0.2, 0.25) is 0 Å². The van der Waals surface area contributed by atoms with E-state index in [1.54, 1.807) is 26.5 Å². The molecule has 1 aromatic carbocycles. The van der Waals surface area contributed by atoms with E-state index in [1.165, 1.54) is 7.11 Å². The number of fused-ring (bicyclic) bond motifs is 1. The zero-order chi connectivity index (χ0) is 13.8. The molecule has 0 aliphatic rings. The third-order valence-corrected chi connectivity index (χ3v) is 2.89. The number of methoxy groups -OCH3 is 3. The lowest BCUT2D eigenvalue weighted by molar-refractivity contribution is -0.139. The molecular formula is C14H15NO4. The largest absolute Gasteiger partial charge is 0.497 e. The Bertz CT molecular complexity index is 610. The molecule has 0 saturated carbocycles. The van der Waals surface area contributed by atoms with Gasteiger partial charge in [0.1, 0.15) is 11.5 Å². The number of ether oxygens (including phenoxy) is 3. The fourth-order valence-corrected chi connectivity index (χ4v) is 1.92. The van der Waals surface area contributed by atoms with E-state index in [1.807, 2.05) is 12.1 Å². The van der Waals surface area contributed by atoms with Crippen molar-refractivity contribution in [2.24, 2.45) is 0 Å². The van der Waals surface area contributed by atoms with Crippen LogP contribution in [0.3, 0.4) is 0 Å². The van der Waals surface area contributed by atoms with Crippen LogP contribution in [0, 0.1) is 0 Å². The molecule has 0 spiro atoms. The first-order valence-corrected chi connectivity index (χ1v) is 5.76. The molecular weight excluding hydrogens is 246 g/mol. The molecule has 0 radical (unpaired) electrons. The molecule has 0 N–H and O–H groups in total. The number of hydrogen-bond donors (Lipinski definition) is 0. The Balaban J connectivity index is 2.62. The highest BCUT2D eigenvalue weighted by Crippen LogP contribution is 2.32. The average molecular weight is 261 g/mol. The van der Waals surface area contributed by atoms with Gasteiger partial charge in [-0.1, -0.05) is 0 Å². The van der Waals surface area contributed by atoms with Crippen LogP contribution in [-0.4, -0.2) is 32.3 Å². The highest BCUT2D eigenvalue weighted by molar-refractivity contribution is 5.93. The number of carbonyl (C=O) groups excluding carboxylic acids is 1. The normalized spacial score (nSPS) is 10.3. The van der Waals surface area contributed by atoms with Crippen molar-refractivity contribution in [1.82, 2.24) is 4.98 Å². The van der Waals surface area contributed by atoms with Gasteiger partial charge in [-0.25, -0.2) is 0 Å². The Hall–Kier alpha value is -2.30. The van der Waals surface area contributed by atoms with Crippen LogP contribution in [0.25, 0.3) is 10.8 Å². The van der Waals surface area contributed by atoms with Crippen LogP contribution >= 0.6 is 0 Å². The number of nitrogens with zero attached hydrogens (tertiary/aromatic N) is 1. The second kappa shape index (κ2) is 5.56. The van der Waals surface area contributed by atoms with Crippen LogP contribution in [-0.2, 0) is 16.0 Å². The summed E-state index contributed by atoms with van der Waals surface area (Å²) in [4.78, 5) is 15.6. The van der Waals surface area contributed by atoms with Crippen molar-refractivity contribution in [3.63, 3.8) is 0 Å². The van der Waals surface area contributed by atoms with E-state index >= 15 is 0 Å². The third kappa shape index (κ3) is 2.59. The van der Waals surface area contributed by atoms with Crippen LogP contribution in [0.2, 0.25) is 0 Å². The number of carbonyl (C=O) groups is 1. The van der Waals surface area contributed by atoms with E-state index in [0.717, 1.165) is 10.8 Å². The molecule has 0 amide bonds. The van der Waals surface area contributed by atoms with Crippen molar-refractivity contribution in [3.05, 3.63) is 30.1 Å². The molecule has 0 fully saturated rings. The van der Waals surface area contributed by atoms with Crippen LogP contribution < -0.4 is 9.47 Å². The Morgan fingerprint density at radius 1 is 1.16 bits per heavy atom. The highest BCUT2D eigenvalue weighted by Gasteiger charge is 2.12. The van der Waals surface area contributed by atoms with E-state index in [2.05, 4.69) is 9.72 Å². The topological polar surface area (TPSA) is 57.7 Å². The van der Waals surface area contributed by atoms with Crippen molar-refractivity contribution in [2.75, 3.05) is 21.3 Å².